The summed E-state index contributed by atoms with van der Waals surface area (Å²) in [4.78, 5) is 16.6. The van der Waals surface area contributed by atoms with Gasteiger partial charge in [-0.05, 0) is 55.8 Å². The van der Waals surface area contributed by atoms with Gasteiger partial charge in [0.05, 0.1) is 5.52 Å². The van der Waals surface area contributed by atoms with Gasteiger partial charge in [-0.1, -0.05) is 12.0 Å². The minimum Gasteiger partial charge on any atom is -0.388 e. The van der Waals surface area contributed by atoms with E-state index in [-0.39, 0.29) is 6.03 Å². The van der Waals surface area contributed by atoms with Crippen molar-refractivity contribution in [3.8, 4) is 11.8 Å². The second kappa shape index (κ2) is 8.47. The smallest absolute Gasteiger partial charge is 0.321 e. The van der Waals surface area contributed by atoms with E-state index in [1.165, 1.54) is 0 Å². The summed E-state index contributed by atoms with van der Waals surface area (Å²) in [5, 5.41) is 14.5. The molecule has 4 rings (SSSR count). The molecule has 0 aliphatic carbocycles. The van der Waals surface area contributed by atoms with Crippen LogP contribution in [0.15, 0.2) is 36.4 Å². The minimum absolute atomic E-state index is 0.0669. The number of H-pyrrole nitrogens is 1. The van der Waals surface area contributed by atoms with Crippen LogP contribution in [-0.2, 0) is 0 Å². The van der Waals surface area contributed by atoms with Crippen molar-refractivity contribution in [2.75, 3.05) is 50.9 Å². The van der Waals surface area contributed by atoms with Gasteiger partial charge in [0.2, 0.25) is 0 Å². The lowest BCUT2D eigenvalue weighted by atomic mass is 10.1. The van der Waals surface area contributed by atoms with E-state index in [0.29, 0.717) is 0 Å². The van der Waals surface area contributed by atoms with Crippen molar-refractivity contribution in [2.24, 2.45) is 0 Å². The van der Waals surface area contributed by atoms with E-state index in [0.717, 1.165) is 65.3 Å². The van der Waals surface area contributed by atoms with E-state index in [1.807, 2.05) is 49.2 Å². The van der Waals surface area contributed by atoms with Gasteiger partial charge in [-0.25, -0.2) is 4.79 Å². The fourth-order valence-corrected chi connectivity index (χ4v) is 3.55. The van der Waals surface area contributed by atoms with Crippen molar-refractivity contribution in [1.82, 2.24) is 20.0 Å². The topological polar surface area (TPSA) is 76.3 Å². The Balaban J connectivity index is 1.51. The molecule has 0 bridgehead atoms. The number of rotatable bonds is 2. The van der Waals surface area contributed by atoms with Crippen LogP contribution in [0.2, 0.25) is 0 Å². The molecule has 7 heteroatoms. The number of carbonyl (C=O) groups is 1. The van der Waals surface area contributed by atoms with Gasteiger partial charge in [0.1, 0.15) is 5.69 Å². The van der Waals surface area contributed by atoms with E-state index >= 15 is 0 Å². The van der Waals surface area contributed by atoms with Crippen LogP contribution in [0.4, 0.5) is 16.2 Å². The number of urea groups is 1. The Labute approximate surface area is 176 Å². The Bertz CT molecular complexity index is 1130. The molecule has 0 radical (unpaired) electrons. The van der Waals surface area contributed by atoms with Crippen LogP contribution in [0.1, 0.15) is 16.8 Å². The number of aromatic nitrogens is 2. The summed E-state index contributed by atoms with van der Waals surface area (Å²) in [5.74, 6) is 6.36. The third-order valence-corrected chi connectivity index (χ3v) is 5.41. The Morgan fingerprint density at radius 3 is 2.70 bits per heavy atom. The molecular weight excluding hydrogens is 376 g/mol. The summed E-state index contributed by atoms with van der Waals surface area (Å²) in [6.45, 7) is 5.32. The summed E-state index contributed by atoms with van der Waals surface area (Å²) in [7, 11) is 3.97. The Hall–Kier alpha value is -3.50. The Kier molecular flexibility index (Phi) is 5.59. The van der Waals surface area contributed by atoms with Crippen LogP contribution >= 0.6 is 0 Å². The average molecular weight is 403 g/mol. The highest BCUT2D eigenvalue weighted by molar-refractivity contribution is 5.90. The predicted octanol–water partition coefficient (Wildman–Crippen LogP) is 3.09. The van der Waals surface area contributed by atoms with Crippen LogP contribution in [0, 0.1) is 18.8 Å². The van der Waals surface area contributed by atoms with Crippen molar-refractivity contribution in [3.63, 3.8) is 0 Å². The van der Waals surface area contributed by atoms with E-state index < -0.39 is 0 Å². The molecule has 1 aromatic heterocycles. The molecule has 7 nitrogen and oxygen atoms in total. The van der Waals surface area contributed by atoms with Crippen LogP contribution < -0.4 is 10.6 Å². The standard InChI is InChI=1S/C23H26N6O/c1-16-13-22-19(15-21(16)24-2)20(26-27-22)8-7-17-5-4-6-18(14-17)25-23(30)29-11-9-28(3)10-12-29/h4-6,13-15,24H,9-12H2,1-3H3,(H,25,30)(H,26,27). The van der Waals surface area contributed by atoms with Crippen LogP contribution in [-0.4, -0.2) is 66.3 Å². The summed E-state index contributed by atoms with van der Waals surface area (Å²) in [6.07, 6.45) is 0. The lowest BCUT2D eigenvalue weighted by Gasteiger charge is -2.32. The number of aromatic amines is 1. The molecule has 0 unspecified atom stereocenters. The van der Waals surface area contributed by atoms with Gasteiger partial charge in [0.25, 0.3) is 0 Å². The molecule has 0 spiro atoms. The maximum Gasteiger partial charge on any atom is 0.321 e. The van der Waals surface area contributed by atoms with Gasteiger partial charge in [-0.2, -0.15) is 5.10 Å². The van der Waals surface area contributed by atoms with E-state index in [2.05, 4.69) is 50.7 Å². The number of anilines is 2. The zero-order valence-corrected chi connectivity index (χ0v) is 17.5. The first-order valence-corrected chi connectivity index (χ1v) is 10.1. The first-order valence-electron chi connectivity index (χ1n) is 10.1. The molecule has 1 fully saturated rings. The maximum absolute atomic E-state index is 12.5. The summed E-state index contributed by atoms with van der Waals surface area (Å²) in [5.41, 5.74) is 5.43. The first kappa shape index (κ1) is 19.8. The predicted molar refractivity (Wildman–Crippen MR) is 121 cm³/mol. The number of benzene rings is 2. The minimum atomic E-state index is -0.0669. The SMILES string of the molecule is CNc1cc2c(C#Cc3cccc(NC(=O)N4CCN(C)CC4)c3)[nH]nc2cc1C. The molecule has 2 amide bonds. The second-order valence-electron chi connectivity index (χ2n) is 7.58. The van der Waals surface area contributed by atoms with E-state index in [4.69, 9.17) is 0 Å². The van der Waals surface area contributed by atoms with Crippen molar-refractivity contribution < 1.29 is 4.79 Å². The van der Waals surface area contributed by atoms with Gasteiger partial charge >= 0.3 is 6.03 Å². The van der Waals surface area contributed by atoms with Gasteiger partial charge in [0.15, 0.2) is 0 Å². The molecule has 3 N–H and O–H groups in total. The number of hydrogen-bond donors (Lipinski definition) is 3. The van der Waals surface area contributed by atoms with Crippen molar-refractivity contribution >= 4 is 28.3 Å². The number of hydrogen-bond acceptors (Lipinski definition) is 4. The average Bonchev–Trinajstić information content (AvgIpc) is 3.13. The number of piperazine rings is 1. The monoisotopic (exact) mass is 402 g/mol. The lowest BCUT2D eigenvalue weighted by molar-refractivity contribution is 0.164. The van der Waals surface area contributed by atoms with Crippen molar-refractivity contribution in [1.29, 1.82) is 0 Å². The molecule has 0 saturated carbocycles. The molecule has 30 heavy (non-hydrogen) atoms. The third kappa shape index (κ3) is 4.24. The molecule has 2 heterocycles. The zero-order chi connectivity index (χ0) is 21.1. The number of amides is 2. The molecule has 154 valence electrons. The largest absolute Gasteiger partial charge is 0.388 e. The van der Waals surface area contributed by atoms with Gasteiger partial charge in [-0.3, -0.25) is 5.10 Å². The number of nitrogens with zero attached hydrogens (tertiary/aromatic N) is 3. The lowest BCUT2D eigenvalue weighted by Crippen LogP contribution is -2.48. The van der Waals surface area contributed by atoms with Crippen LogP contribution in [0.25, 0.3) is 10.9 Å². The van der Waals surface area contributed by atoms with E-state index in [9.17, 15) is 4.79 Å². The van der Waals surface area contributed by atoms with Crippen LogP contribution in [0.3, 0.4) is 0 Å². The van der Waals surface area contributed by atoms with Gasteiger partial charge in [-0.15, -0.1) is 0 Å². The maximum atomic E-state index is 12.5. The molecule has 1 aliphatic heterocycles. The number of nitrogens with one attached hydrogen (secondary N) is 3. The quantitative estimate of drug-likeness (QED) is 0.576. The highest BCUT2D eigenvalue weighted by Gasteiger charge is 2.18. The Morgan fingerprint density at radius 2 is 1.93 bits per heavy atom. The van der Waals surface area contributed by atoms with Crippen LogP contribution in [0.5, 0.6) is 0 Å². The molecule has 2 aromatic carbocycles. The second-order valence-corrected chi connectivity index (χ2v) is 7.58. The van der Waals surface area contributed by atoms with Gasteiger partial charge < -0.3 is 20.4 Å². The number of fused-ring (bicyclic) bond motifs is 1. The van der Waals surface area contributed by atoms with E-state index in [1.54, 1.807) is 0 Å². The fraction of sp³-hybridized carbons (Fsp3) is 0.304. The summed E-state index contributed by atoms with van der Waals surface area (Å²) in [6, 6.07) is 11.6. The molecular formula is C23H26N6O. The summed E-state index contributed by atoms with van der Waals surface area (Å²) < 4.78 is 0. The van der Waals surface area contributed by atoms with Crippen molar-refractivity contribution in [2.45, 2.75) is 6.92 Å². The number of likely N-dealkylation sites (N-methyl/N-ethyl adjacent to an activating group) is 1. The van der Waals surface area contributed by atoms with Gasteiger partial charge in [0, 0.05) is 55.6 Å². The fourth-order valence-electron chi connectivity index (χ4n) is 3.55. The summed E-state index contributed by atoms with van der Waals surface area (Å²) >= 11 is 0. The molecule has 1 saturated heterocycles. The zero-order valence-electron chi connectivity index (χ0n) is 17.5. The molecule has 3 aromatic rings. The molecule has 0 atom stereocenters. The number of carbonyl (C=O) groups excluding carboxylic acids is 1. The first-order chi connectivity index (χ1) is 14.5. The highest BCUT2D eigenvalue weighted by Crippen LogP contribution is 2.24. The molecule has 1 aliphatic rings. The number of aryl methyl sites for hydroxylation is 1. The van der Waals surface area contributed by atoms with Crippen molar-refractivity contribution in [3.05, 3.63) is 53.2 Å². The third-order valence-electron chi connectivity index (χ3n) is 5.41. The normalized spacial score (nSPS) is 14.3. The highest BCUT2D eigenvalue weighted by atomic mass is 16.2. The Morgan fingerprint density at radius 1 is 1.13 bits per heavy atom.